The second-order valence-corrected chi connectivity index (χ2v) is 6.20. The summed E-state index contributed by atoms with van der Waals surface area (Å²) in [5, 5.41) is 12.1. The lowest BCUT2D eigenvalue weighted by Crippen LogP contribution is -2.34. The van der Waals surface area contributed by atoms with Crippen molar-refractivity contribution in [1.82, 2.24) is 5.32 Å². The number of benzene rings is 1. The number of hydrogen-bond donors (Lipinski definition) is 2. The zero-order valence-electron chi connectivity index (χ0n) is 13.6. The highest BCUT2D eigenvalue weighted by Gasteiger charge is 2.20. The molecule has 5 heteroatoms. The quantitative estimate of drug-likeness (QED) is 0.771. The van der Waals surface area contributed by atoms with Crippen LogP contribution in [-0.4, -0.2) is 36.2 Å². The zero-order valence-corrected chi connectivity index (χ0v) is 13.6. The number of aryl methyl sites for hydroxylation is 1. The van der Waals surface area contributed by atoms with Gasteiger partial charge in [-0.05, 0) is 38.2 Å². The SMILES string of the molecule is Cc1ccc(C[C@@H](CNC(=O)CC[C@H]2CCCO2)C(=O)O)cc1. The topological polar surface area (TPSA) is 75.6 Å². The summed E-state index contributed by atoms with van der Waals surface area (Å²) in [6, 6.07) is 7.80. The zero-order chi connectivity index (χ0) is 16.7. The van der Waals surface area contributed by atoms with Crippen molar-refractivity contribution < 1.29 is 19.4 Å². The Morgan fingerprint density at radius 2 is 2.09 bits per heavy atom. The van der Waals surface area contributed by atoms with E-state index in [0.717, 1.165) is 30.6 Å². The molecule has 5 nitrogen and oxygen atoms in total. The highest BCUT2D eigenvalue weighted by Crippen LogP contribution is 2.16. The molecule has 0 saturated carbocycles. The van der Waals surface area contributed by atoms with Gasteiger partial charge in [0.15, 0.2) is 0 Å². The third-order valence-electron chi connectivity index (χ3n) is 4.21. The molecule has 0 bridgehead atoms. The molecule has 1 saturated heterocycles. The molecule has 0 unspecified atom stereocenters. The largest absolute Gasteiger partial charge is 0.481 e. The van der Waals surface area contributed by atoms with Crippen molar-refractivity contribution in [3.63, 3.8) is 0 Å². The Bertz CT molecular complexity index is 520. The average molecular weight is 319 g/mol. The molecule has 0 radical (unpaired) electrons. The molecule has 1 aliphatic heterocycles. The molecule has 0 aromatic heterocycles. The fourth-order valence-corrected chi connectivity index (χ4v) is 2.74. The summed E-state index contributed by atoms with van der Waals surface area (Å²) in [6.07, 6.45) is 3.77. The van der Waals surface area contributed by atoms with Crippen LogP contribution in [-0.2, 0) is 20.7 Å². The molecule has 0 spiro atoms. The number of aliphatic carboxylic acids is 1. The van der Waals surface area contributed by atoms with Gasteiger partial charge in [0.1, 0.15) is 0 Å². The Morgan fingerprint density at radius 1 is 1.35 bits per heavy atom. The van der Waals surface area contributed by atoms with Gasteiger partial charge in [0, 0.05) is 19.6 Å². The van der Waals surface area contributed by atoms with E-state index in [1.807, 2.05) is 31.2 Å². The lowest BCUT2D eigenvalue weighted by Gasteiger charge is -2.14. The number of nitrogens with one attached hydrogen (secondary N) is 1. The van der Waals surface area contributed by atoms with Crippen LogP contribution in [0.15, 0.2) is 24.3 Å². The van der Waals surface area contributed by atoms with Gasteiger partial charge in [-0.1, -0.05) is 29.8 Å². The standard InChI is InChI=1S/C18H25NO4/c1-13-4-6-14(7-5-13)11-15(18(21)22)12-19-17(20)9-8-16-3-2-10-23-16/h4-7,15-16H,2-3,8-12H2,1H3,(H,19,20)(H,21,22)/t15-,16+/m0/s1. The van der Waals surface area contributed by atoms with E-state index in [1.54, 1.807) is 0 Å². The summed E-state index contributed by atoms with van der Waals surface area (Å²) in [7, 11) is 0. The number of amides is 1. The molecule has 0 aliphatic carbocycles. The monoisotopic (exact) mass is 319 g/mol. The van der Waals surface area contributed by atoms with Crippen molar-refractivity contribution in [3.05, 3.63) is 35.4 Å². The van der Waals surface area contributed by atoms with Gasteiger partial charge >= 0.3 is 5.97 Å². The summed E-state index contributed by atoms with van der Waals surface area (Å²) < 4.78 is 5.48. The van der Waals surface area contributed by atoms with Crippen molar-refractivity contribution in [3.8, 4) is 0 Å². The molecule has 1 aromatic carbocycles. The molecule has 23 heavy (non-hydrogen) atoms. The maximum Gasteiger partial charge on any atom is 0.308 e. The minimum atomic E-state index is -0.884. The summed E-state index contributed by atoms with van der Waals surface area (Å²) >= 11 is 0. The predicted molar refractivity (Wildman–Crippen MR) is 87.2 cm³/mol. The van der Waals surface area contributed by atoms with Gasteiger partial charge in [-0.25, -0.2) is 0 Å². The third kappa shape index (κ3) is 6.02. The Balaban J connectivity index is 1.76. The summed E-state index contributed by atoms with van der Waals surface area (Å²) in [5.41, 5.74) is 2.11. The molecule has 2 N–H and O–H groups in total. The summed E-state index contributed by atoms with van der Waals surface area (Å²) in [5.74, 6) is -1.59. The molecule has 1 heterocycles. The van der Waals surface area contributed by atoms with Crippen LogP contribution in [0.25, 0.3) is 0 Å². The van der Waals surface area contributed by atoms with Crippen molar-refractivity contribution in [2.75, 3.05) is 13.2 Å². The number of hydrogen-bond acceptors (Lipinski definition) is 3. The average Bonchev–Trinajstić information content (AvgIpc) is 3.04. The van der Waals surface area contributed by atoms with Crippen molar-refractivity contribution in [1.29, 1.82) is 0 Å². The van der Waals surface area contributed by atoms with Crippen LogP contribution in [0.3, 0.4) is 0 Å². The highest BCUT2D eigenvalue weighted by molar-refractivity contribution is 5.77. The van der Waals surface area contributed by atoms with E-state index in [9.17, 15) is 14.7 Å². The van der Waals surface area contributed by atoms with Gasteiger partial charge in [0.05, 0.1) is 12.0 Å². The molecule has 1 amide bonds. The normalized spacial score (nSPS) is 18.6. The van der Waals surface area contributed by atoms with Gasteiger partial charge < -0.3 is 15.2 Å². The first kappa shape index (κ1) is 17.5. The van der Waals surface area contributed by atoms with Crippen LogP contribution in [0.5, 0.6) is 0 Å². The molecule has 2 atom stereocenters. The maximum absolute atomic E-state index is 11.9. The van der Waals surface area contributed by atoms with Gasteiger partial charge in [0.25, 0.3) is 0 Å². The molecule has 1 aromatic rings. The number of carboxylic acid groups (broad SMARTS) is 1. The summed E-state index contributed by atoms with van der Waals surface area (Å²) in [4.78, 5) is 23.2. The van der Waals surface area contributed by atoms with E-state index < -0.39 is 11.9 Å². The van der Waals surface area contributed by atoms with E-state index in [-0.39, 0.29) is 18.6 Å². The minimum absolute atomic E-state index is 0.101. The summed E-state index contributed by atoms with van der Waals surface area (Å²) in [6.45, 7) is 2.93. The maximum atomic E-state index is 11.9. The van der Waals surface area contributed by atoms with Crippen LogP contribution < -0.4 is 5.32 Å². The minimum Gasteiger partial charge on any atom is -0.481 e. The third-order valence-corrected chi connectivity index (χ3v) is 4.21. The van der Waals surface area contributed by atoms with Crippen molar-refractivity contribution in [2.45, 2.75) is 45.1 Å². The molecule has 1 fully saturated rings. The van der Waals surface area contributed by atoms with Crippen LogP contribution >= 0.6 is 0 Å². The second kappa shape index (κ2) is 8.67. The van der Waals surface area contributed by atoms with Crippen LogP contribution in [0, 0.1) is 12.8 Å². The lowest BCUT2D eigenvalue weighted by atomic mass is 9.98. The first-order valence-electron chi connectivity index (χ1n) is 8.21. The van der Waals surface area contributed by atoms with Crippen molar-refractivity contribution in [2.24, 2.45) is 5.92 Å². The van der Waals surface area contributed by atoms with E-state index in [0.29, 0.717) is 19.3 Å². The van der Waals surface area contributed by atoms with E-state index in [2.05, 4.69) is 5.32 Å². The second-order valence-electron chi connectivity index (χ2n) is 6.20. The van der Waals surface area contributed by atoms with E-state index >= 15 is 0 Å². The van der Waals surface area contributed by atoms with E-state index in [1.165, 1.54) is 0 Å². The first-order valence-corrected chi connectivity index (χ1v) is 8.21. The van der Waals surface area contributed by atoms with Gasteiger partial charge in [-0.2, -0.15) is 0 Å². The number of carbonyl (C=O) groups excluding carboxylic acids is 1. The molecule has 126 valence electrons. The Labute approximate surface area is 137 Å². The van der Waals surface area contributed by atoms with Gasteiger partial charge in [-0.15, -0.1) is 0 Å². The Hall–Kier alpha value is -1.88. The number of carboxylic acids is 1. The van der Waals surface area contributed by atoms with Crippen LogP contribution in [0.4, 0.5) is 0 Å². The molecular weight excluding hydrogens is 294 g/mol. The number of carbonyl (C=O) groups is 2. The number of ether oxygens (including phenoxy) is 1. The first-order chi connectivity index (χ1) is 11.0. The predicted octanol–water partition coefficient (Wildman–Crippen LogP) is 2.31. The van der Waals surface area contributed by atoms with Crippen LogP contribution in [0.2, 0.25) is 0 Å². The smallest absolute Gasteiger partial charge is 0.308 e. The fraction of sp³-hybridized carbons (Fsp3) is 0.556. The molecular formula is C18H25NO4. The van der Waals surface area contributed by atoms with Crippen molar-refractivity contribution >= 4 is 11.9 Å². The fourth-order valence-electron chi connectivity index (χ4n) is 2.74. The van der Waals surface area contributed by atoms with Gasteiger partial charge in [0.2, 0.25) is 5.91 Å². The van der Waals surface area contributed by atoms with Gasteiger partial charge in [-0.3, -0.25) is 9.59 Å². The Morgan fingerprint density at radius 3 is 2.70 bits per heavy atom. The molecule has 2 rings (SSSR count). The van der Waals surface area contributed by atoms with E-state index in [4.69, 9.17) is 4.74 Å². The van der Waals surface area contributed by atoms with Crippen LogP contribution in [0.1, 0.15) is 36.8 Å². The molecule has 1 aliphatic rings. The lowest BCUT2D eigenvalue weighted by molar-refractivity contribution is -0.141. The Kier molecular flexibility index (Phi) is 6.59. The highest BCUT2D eigenvalue weighted by atomic mass is 16.5. The number of rotatable bonds is 8.